The Morgan fingerprint density at radius 3 is 2.15 bits per heavy atom. The lowest BCUT2D eigenvalue weighted by atomic mass is 10.0. The molecule has 0 heterocycles. The van der Waals surface area contributed by atoms with Gasteiger partial charge in [0, 0.05) is 11.8 Å². The van der Waals surface area contributed by atoms with Crippen molar-refractivity contribution in [3.05, 3.63) is 59.7 Å². The van der Waals surface area contributed by atoms with Crippen molar-refractivity contribution < 1.29 is 21.6 Å². The highest BCUT2D eigenvalue weighted by atomic mass is 32.2. The van der Waals surface area contributed by atoms with Gasteiger partial charge in [0.05, 0.1) is 15.8 Å². The minimum atomic E-state index is -3.65. The van der Waals surface area contributed by atoms with Crippen LogP contribution in [-0.4, -0.2) is 36.0 Å². The molecule has 2 aromatic carbocycles. The quantitative estimate of drug-likeness (QED) is 0.724. The zero-order valence-electron chi connectivity index (χ0n) is 15.3. The number of hydrogen-bond donors (Lipinski definition) is 2. The fourth-order valence-corrected chi connectivity index (χ4v) is 3.94. The number of sulfone groups is 1. The van der Waals surface area contributed by atoms with Crippen molar-refractivity contribution in [2.75, 3.05) is 13.3 Å². The third-order valence-electron chi connectivity index (χ3n) is 4.10. The number of benzene rings is 2. The van der Waals surface area contributed by atoms with Crippen LogP contribution in [0.2, 0.25) is 0 Å². The number of nitrogens with one attached hydrogen (secondary N) is 2. The molecular weight excluding hydrogens is 388 g/mol. The maximum Gasteiger partial charge on any atom is 0.251 e. The van der Waals surface area contributed by atoms with E-state index in [1.54, 1.807) is 12.1 Å². The lowest BCUT2D eigenvalue weighted by Gasteiger charge is -2.18. The maximum atomic E-state index is 12.6. The van der Waals surface area contributed by atoms with Gasteiger partial charge in [-0.2, -0.15) is 0 Å². The predicted octanol–water partition coefficient (Wildman–Crippen LogP) is 1.88. The number of sulfonamides is 1. The molecule has 0 aliphatic carbocycles. The van der Waals surface area contributed by atoms with Crippen LogP contribution in [0.3, 0.4) is 0 Å². The molecule has 27 heavy (non-hydrogen) atoms. The van der Waals surface area contributed by atoms with Crippen molar-refractivity contribution >= 4 is 25.8 Å². The highest BCUT2D eigenvalue weighted by Gasteiger charge is 2.18. The molecule has 0 aliphatic rings. The lowest BCUT2D eigenvalue weighted by molar-refractivity contribution is 0.0935. The molecule has 0 spiro atoms. The molecule has 0 aromatic heterocycles. The zero-order chi connectivity index (χ0) is 20.2. The summed E-state index contributed by atoms with van der Waals surface area (Å²) in [5, 5.41) is 2.85. The van der Waals surface area contributed by atoms with Crippen LogP contribution in [0.4, 0.5) is 0 Å². The molecule has 2 aromatic rings. The van der Waals surface area contributed by atoms with Crippen molar-refractivity contribution in [3.63, 3.8) is 0 Å². The summed E-state index contributed by atoms with van der Waals surface area (Å²) in [4.78, 5) is 12.8. The van der Waals surface area contributed by atoms with Crippen LogP contribution in [0.1, 0.15) is 35.3 Å². The van der Waals surface area contributed by atoms with Crippen molar-refractivity contribution in [1.29, 1.82) is 0 Å². The third-order valence-corrected chi connectivity index (χ3v) is 6.64. The second kappa shape index (κ2) is 8.20. The smallest absolute Gasteiger partial charge is 0.251 e. The second-order valence-corrected chi connectivity index (χ2v) is 9.91. The summed E-state index contributed by atoms with van der Waals surface area (Å²) in [6, 6.07) is 11.7. The number of hydrogen-bond acceptors (Lipinski definition) is 5. The van der Waals surface area contributed by atoms with Gasteiger partial charge in [0.25, 0.3) is 5.91 Å². The molecule has 0 bridgehead atoms. The summed E-state index contributed by atoms with van der Waals surface area (Å²) in [6.45, 7) is 1.89. The fraction of sp³-hybridized carbons (Fsp3) is 0.278. The van der Waals surface area contributed by atoms with Crippen molar-refractivity contribution in [2.24, 2.45) is 0 Å². The standard InChI is InChI=1S/C18H22N2O5S2/c1-4-17(13-8-10-15(11-9-13)26(3,22)23)20-18(21)14-6-5-7-16(12-14)27(24,25)19-2/h5-12,17,19H,4H2,1-3H3,(H,20,21). The number of carbonyl (C=O) groups is 1. The Labute approximate surface area is 159 Å². The van der Waals surface area contributed by atoms with Crippen LogP contribution in [0.5, 0.6) is 0 Å². The molecule has 0 saturated heterocycles. The van der Waals surface area contributed by atoms with Gasteiger partial charge in [-0.25, -0.2) is 21.6 Å². The van der Waals surface area contributed by atoms with Crippen LogP contribution in [0.15, 0.2) is 58.3 Å². The number of amides is 1. The first-order valence-electron chi connectivity index (χ1n) is 8.23. The summed E-state index contributed by atoms with van der Waals surface area (Å²) < 4.78 is 49.1. The second-order valence-electron chi connectivity index (χ2n) is 6.01. The topological polar surface area (TPSA) is 109 Å². The molecule has 146 valence electrons. The van der Waals surface area contributed by atoms with E-state index in [-0.39, 0.29) is 21.4 Å². The fourth-order valence-electron chi connectivity index (χ4n) is 2.53. The first-order valence-corrected chi connectivity index (χ1v) is 11.6. The van der Waals surface area contributed by atoms with E-state index < -0.39 is 25.8 Å². The molecule has 0 fully saturated rings. The summed E-state index contributed by atoms with van der Waals surface area (Å²) in [5.74, 6) is -0.415. The summed E-state index contributed by atoms with van der Waals surface area (Å²) in [7, 11) is -5.63. The predicted molar refractivity (Wildman–Crippen MR) is 103 cm³/mol. The van der Waals surface area contributed by atoms with Gasteiger partial charge in [-0.3, -0.25) is 4.79 Å². The summed E-state index contributed by atoms with van der Waals surface area (Å²) in [6.07, 6.45) is 1.71. The Kier molecular flexibility index (Phi) is 6.40. The first kappa shape index (κ1) is 21.1. The van der Waals surface area contributed by atoms with Gasteiger partial charge < -0.3 is 5.32 Å². The average molecular weight is 411 g/mol. The molecule has 1 unspecified atom stereocenters. The van der Waals surface area contributed by atoms with Crippen LogP contribution in [-0.2, 0) is 19.9 Å². The highest BCUT2D eigenvalue weighted by Crippen LogP contribution is 2.20. The minimum absolute atomic E-state index is 0.00297. The monoisotopic (exact) mass is 410 g/mol. The Morgan fingerprint density at radius 2 is 1.63 bits per heavy atom. The Bertz CT molecular complexity index is 1030. The molecule has 9 heteroatoms. The van der Waals surface area contributed by atoms with Crippen LogP contribution >= 0.6 is 0 Å². The number of carbonyl (C=O) groups excluding carboxylic acids is 1. The van der Waals surface area contributed by atoms with E-state index in [0.717, 1.165) is 11.8 Å². The molecule has 0 aliphatic heterocycles. The minimum Gasteiger partial charge on any atom is -0.345 e. The SMILES string of the molecule is CCC(NC(=O)c1cccc(S(=O)(=O)NC)c1)c1ccc(S(C)(=O)=O)cc1. The molecule has 0 saturated carbocycles. The molecule has 1 atom stereocenters. The third kappa shape index (κ3) is 5.15. The molecule has 0 radical (unpaired) electrons. The van der Waals surface area contributed by atoms with Gasteiger partial charge >= 0.3 is 0 Å². The van der Waals surface area contributed by atoms with Gasteiger partial charge in [-0.05, 0) is 49.4 Å². The molecule has 1 amide bonds. The average Bonchev–Trinajstić information content (AvgIpc) is 2.65. The van der Waals surface area contributed by atoms with Crippen molar-refractivity contribution in [1.82, 2.24) is 10.0 Å². The van der Waals surface area contributed by atoms with Gasteiger partial charge in [-0.15, -0.1) is 0 Å². The van der Waals surface area contributed by atoms with Gasteiger partial charge in [0.15, 0.2) is 9.84 Å². The van der Waals surface area contributed by atoms with E-state index in [0.29, 0.717) is 6.42 Å². The highest BCUT2D eigenvalue weighted by molar-refractivity contribution is 7.90. The normalized spacial score (nSPS) is 13.1. The van der Waals surface area contributed by atoms with Crippen LogP contribution < -0.4 is 10.0 Å². The molecular formula is C18H22N2O5S2. The first-order chi connectivity index (χ1) is 12.6. The number of rotatable bonds is 7. The Morgan fingerprint density at radius 1 is 1.00 bits per heavy atom. The Balaban J connectivity index is 2.24. The molecule has 2 rings (SSSR count). The summed E-state index contributed by atoms with van der Waals surface area (Å²) in [5.41, 5.74) is 0.981. The van der Waals surface area contributed by atoms with E-state index in [9.17, 15) is 21.6 Å². The Hall–Kier alpha value is -2.23. The lowest BCUT2D eigenvalue weighted by Crippen LogP contribution is -2.28. The van der Waals surface area contributed by atoms with Crippen LogP contribution in [0.25, 0.3) is 0 Å². The van der Waals surface area contributed by atoms with E-state index in [4.69, 9.17) is 0 Å². The largest absolute Gasteiger partial charge is 0.345 e. The van der Waals surface area contributed by atoms with E-state index >= 15 is 0 Å². The van der Waals surface area contributed by atoms with E-state index in [2.05, 4.69) is 10.0 Å². The van der Waals surface area contributed by atoms with E-state index in [1.165, 1.54) is 43.4 Å². The maximum absolute atomic E-state index is 12.6. The summed E-state index contributed by atoms with van der Waals surface area (Å²) >= 11 is 0. The molecule has 7 nitrogen and oxygen atoms in total. The van der Waals surface area contributed by atoms with Crippen molar-refractivity contribution in [3.8, 4) is 0 Å². The van der Waals surface area contributed by atoms with E-state index in [1.807, 2.05) is 6.92 Å². The van der Waals surface area contributed by atoms with Gasteiger partial charge in [0.1, 0.15) is 0 Å². The van der Waals surface area contributed by atoms with Gasteiger partial charge in [0.2, 0.25) is 10.0 Å². The van der Waals surface area contributed by atoms with Gasteiger partial charge in [-0.1, -0.05) is 25.1 Å². The van der Waals surface area contributed by atoms with Crippen LogP contribution in [0, 0.1) is 0 Å². The van der Waals surface area contributed by atoms with Crippen molar-refractivity contribution in [2.45, 2.75) is 29.2 Å². The molecule has 2 N–H and O–H groups in total. The zero-order valence-corrected chi connectivity index (χ0v) is 16.9.